The quantitative estimate of drug-likeness (QED) is 0.203. The van der Waals surface area contributed by atoms with Gasteiger partial charge in [-0.1, -0.05) is 93.6 Å². The number of carbonyl (C=O) groups is 1. The smallest absolute Gasteiger partial charge is 0.272 e. The second-order valence-electron chi connectivity index (χ2n) is 12.9. The van der Waals surface area contributed by atoms with E-state index in [1.807, 2.05) is 20.8 Å². The number of nitrogens with zero attached hydrogens (tertiary/aromatic N) is 3. The summed E-state index contributed by atoms with van der Waals surface area (Å²) in [6.07, 6.45) is 6.60. The third-order valence-electron chi connectivity index (χ3n) is 8.94. The molecule has 7 rings (SSSR count). The number of benzene rings is 4. The van der Waals surface area contributed by atoms with E-state index in [0.29, 0.717) is 11.6 Å². The van der Waals surface area contributed by atoms with Crippen LogP contribution in [0.25, 0.3) is 37.0 Å². The SMILES string of the molecule is CC(C)(C)c1ccc(CC2CCN(C(=O)c3cncn3-c3cccc(-c4cccc5c4sc4ccccc45)c3)CC2)cc1. The summed E-state index contributed by atoms with van der Waals surface area (Å²) in [6, 6.07) is 32.7. The maximum Gasteiger partial charge on any atom is 0.272 e. The molecule has 216 valence electrons. The first-order chi connectivity index (χ1) is 20.8. The first kappa shape index (κ1) is 27.6. The van der Waals surface area contributed by atoms with Gasteiger partial charge in [0.2, 0.25) is 0 Å². The van der Waals surface area contributed by atoms with Crippen LogP contribution in [0, 0.1) is 5.92 Å². The predicted molar refractivity (Wildman–Crippen MR) is 179 cm³/mol. The number of thiophene rings is 1. The molecule has 6 aromatic rings. The number of hydrogen-bond acceptors (Lipinski definition) is 3. The molecule has 0 atom stereocenters. The van der Waals surface area contributed by atoms with Crippen LogP contribution >= 0.6 is 11.3 Å². The molecule has 0 aliphatic carbocycles. The fraction of sp³-hybridized carbons (Fsp3) is 0.263. The van der Waals surface area contributed by atoms with Crippen molar-refractivity contribution in [3.8, 4) is 16.8 Å². The van der Waals surface area contributed by atoms with Gasteiger partial charge in [0.05, 0.1) is 12.5 Å². The Morgan fingerprint density at radius 2 is 1.63 bits per heavy atom. The molecule has 0 unspecified atom stereocenters. The van der Waals surface area contributed by atoms with Gasteiger partial charge in [0, 0.05) is 38.9 Å². The number of imidazole rings is 1. The van der Waals surface area contributed by atoms with Crippen molar-refractivity contribution in [2.45, 2.75) is 45.4 Å². The Kier molecular flexibility index (Phi) is 7.14. The molecular formula is C38H37N3OS. The van der Waals surface area contributed by atoms with E-state index in [2.05, 4.69) is 117 Å². The van der Waals surface area contributed by atoms with Gasteiger partial charge in [-0.25, -0.2) is 4.98 Å². The Bertz CT molecular complexity index is 1920. The fourth-order valence-corrected chi connectivity index (χ4v) is 7.67. The van der Waals surface area contributed by atoms with Crippen LogP contribution in [0.2, 0.25) is 0 Å². The largest absolute Gasteiger partial charge is 0.337 e. The van der Waals surface area contributed by atoms with Crippen molar-refractivity contribution < 1.29 is 4.79 Å². The van der Waals surface area contributed by atoms with Crippen LogP contribution in [0.15, 0.2) is 104 Å². The maximum atomic E-state index is 13.7. The van der Waals surface area contributed by atoms with Crippen molar-refractivity contribution in [3.63, 3.8) is 0 Å². The van der Waals surface area contributed by atoms with Crippen LogP contribution in [0.3, 0.4) is 0 Å². The average Bonchev–Trinajstić information content (AvgIpc) is 3.66. The zero-order chi connectivity index (χ0) is 29.6. The molecule has 1 aliphatic rings. The van der Waals surface area contributed by atoms with Gasteiger partial charge >= 0.3 is 0 Å². The van der Waals surface area contributed by atoms with E-state index >= 15 is 0 Å². The lowest BCUT2D eigenvalue weighted by Gasteiger charge is -2.32. The topological polar surface area (TPSA) is 38.1 Å². The fourth-order valence-electron chi connectivity index (χ4n) is 6.43. The van der Waals surface area contributed by atoms with E-state index in [1.54, 1.807) is 12.5 Å². The lowest BCUT2D eigenvalue weighted by Crippen LogP contribution is -2.39. The number of piperidine rings is 1. The summed E-state index contributed by atoms with van der Waals surface area (Å²) in [7, 11) is 0. The highest BCUT2D eigenvalue weighted by atomic mass is 32.1. The molecule has 0 saturated carbocycles. The molecule has 4 nitrogen and oxygen atoms in total. The Hall–Kier alpha value is -4.22. The lowest BCUT2D eigenvalue weighted by molar-refractivity contribution is 0.0682. The Balaban J connectivity index is 1.08. The third kappa shape index (κ3) is 5.38. The van der Waals surface area contributed by atoms with Crippen LogP contribution in [-0.4, -0.2) is 33.4 Å². The van der Waals surface area contributed by atoms with Crippen molar-refractivity contribution in [3.05, 3.63) is 120 Å². The molecule has 5 heteroatoms. The van der Waals surface area contributed by atoms with Crippen molar-refractivity contribution in [2.24, 2.45) is 5.92 Å². The minimum Gasteiger partial charge on any atom is -0.337 e. The number of fused-ring (bicyclic) bond motifs is 3. The second-order valence-corrected chi connectivity index (χ2v) is 13.9. The number of rotatable bonds is 5. The predicted octanol–water partition coefficient (Wildman–Crippen LogP) is 9.30. The highest BCUT2D eigenvalue weighted by Gasteiger charge is 2.26. The monoisotopic (exact) mass is 583 g/mol. The maximum absolute atomic E-state index is 13.7. The molecule has 1 saturated heterocycles. The summed E-state index contributed by atoms with van der Waals surface area (Å²) < 4.78 is 4.53. The first-order valence-corrected chi connectivity index (χ1v) is 16.1. The van der Waals surface area contributed by atoms with Crippen molar-refractivity contribution in [2.75, 3.05) is 13.1 Å². The molecule has 0 spiro atoms. The van der Waals surface area contributed by atoms with Crippen LogP contribution in [0.5, 0.6) is 0 Å². The number of likely N-dealkylation sites (tertiary alicyclic amines) is 1. The van der Waals surface area contributed by atoms with Crippen LogP contribution in [0.4, 0.5) is 0 Å². The van der Waals surface area contributed by atoms with Crippen LogP contribution in [-0.2, 0) is 11.8 Å². The van der Waals surface area contributed by atoms with Crippen LogP contribution < -0.4 is 0 Å². The zero-order valence-electron chi connectivity index (χ0n) is 25.1. The van der Waals surface area contributed by atoms with Gasteiger partial charge in [-0.3, -0.25) is 9.36 Å². The minimum absolute atomic E-state index is 0.0579. The van der Waals surface area contributed by atoms with Gasteiger partial charge in [0.25, 0.3) is 5.91 Å². The molecule has 0 N–H and O–H groups in total. The molecule has 0 radical (unpaired) electrons. The van der Waals surface area contributed by atoms with E-state index in [0.717, 1.165) is 43.6 Å². The van der Waals surface area contributed by atoms with E-state index in [4.69, 9.17) is 0 Å². The van der Waals surface area contributed by atoms with Gasteiger partial charge < -0.3 is 4.90 Å². The summed E-state index contributed by atoms with van der Waals surface area (Å²) in [5.41, 5.74) is 6.85. The standard InChI is InChI=1S/C38H37N3OS/c1-38(2,3)29-16-14-26(15-17-29)22-27-18-20-40(21-19-27)37(42)34-24-39-25-41(34)30-9-6-8-28(23-30)31-11-7-12-33-32-10-4-5-13-35(32)43-36(31)33/h4-17,23-25,27H,18-22H2,1-3H3. The highest BCUT2D eigenvalue weighted by molar-refractivity contribution is 7.26. The molecular weight excluding hydrogens is 547 g/mol. The number of amides is 1. The Morgan fingerprint density at radius 3 is 2.42 bits per heavy atom. The zero-order valence-corrected chi connectivity index (χ0v) is 25.9. The van der Waals surface area contributed by atoms with Crippen molar-refractivity contribution in [1.29, 1.82) is 0 Å². The minimum atomic E-state index is 0.0579. The normalized spacial score (nSPS) is 14.5. The molecule has 1 amide bonds. The summed E-state index contributed by atoms with van der Waals surface area (Å²) in [5, 5.41) is 2.58. The average molecular weight is 584 g/mol. The summed E-state index contributed by atoms with van der Waals surface area (Å²) >= 11 is 1.84. The summed E-state index contributed by atoms with van der Waals surface area (Å²) in [5.74, 6) is 0.658. The second kappa shape index (κ2) is 11.1. The first-order valence-electron chi connectivity index (χ1n) is 15.3. The Morgan fingerprint density at radius 1 is 0.884 bits per heavy atom. The van der Waals surface area contributed by atoms with E-state index in [1.165, 1.54) is 36.9 Å². The lowest BCUT2D eigenvalue weighted by atomic mass is 9.85. The summed E-state index contributed by atoms with van der Waals surface area (Å²) in [4.78, 5) is 20.2. The van der Waals surface area contributed by atoms with Gasteiger partial charge in [-0.15, -0.1) is 11.3 Å². The molecule has 3 heterocycles. The van der Waals surface area contributed by atoms with Crippen molar-refractivity contribution in [1.82, 2.24) is 14.5 Å². The molecule has 43 heavy (non-hydrogen) atoms. The highest BCUT2D eigenvalue weighted by Crippen LogP contribution is 2.40. The van der Waals surface area contributed by atoms with Gasteiger partial charge in [-0.2, -0.15) is 0 Å². The molecule has 1 aliphatic heterocycles. The molecule has 2 aromatic heterocycles. The molecule has 1 fully saturated rings. The summed E-state index contributed by atoms with van der Waals surface area (Å²) in [6.45, 7) is 8.32. The van der Waals surface area contributed by atoms with E-state index in [9.17, 15) is 4.79 Å². The van der Waals surface area contributed by atoms with E-state index < -0.39 is 0 Å². The number of carbonyl (C=O) groups excluding carboxylic acids is 1. The molecule has 0 bridgehead atoms. The van der Waals surface area contributed by atoms with E-state index in [-0.39, 0.29) is 11.3 Å². The molecule has 4 aromatic carbocycles. The third-order valence-corrected chi connectivity index (χ3v) is 10.2. The van der Waals surface area contributed by atoms with Gasteiger partial charge in [0.15, 0.2) is 0 Å². The van der Waals surface area contributed by atoms with Crippen molar-refractivity contribution >= 4 is 37.4 Å². The Labute approximate surface area is 257 Å². The number of hydrogen-bond donors (Lipinski definition) is 0. The van der Waals surface area contributed by atoms with Gasteiger partial charge in [0.1, 0.15) is 5.69 Å². The number of aromatic nitrogens is 2. The van der Waals surface area contributed by atoms with Gasteiger partial charge in [-0.05, 0) is 71.0 Å². The van der Waals surface area contributed by atoms with Crippen LogP contribution in [0.1, 0.15) is 55.2 Å².